The van der Waals surface area contributed by atoms with Crippen LogP contribution in [-0.2, 0) is 0 Å². The van der Waals surface area contributed by atoms with Gasteiger partial charge in [-0.15, -0.1) is 13.2 Å². The first-order chi connectivity index (χ1) is 12.8. The van der Waals surface area contributed by atoms with Crippen LogP contribution >= 0.6 is 0 Å². The lowest BCUT2D eigenvalue weighted by atomic mass is 9.62. The number of alkyl halides is 3. The lowest BCUT2D eigenvalue weighted by Crippen LogP contribution is -2.60. The number of carbonyl (C=O) groups excluding carboxylic acids is 1. The van der Waals surface area contributed by atoms with Crippen molar-refractivity contribution in [3.63, 3.8) is 0 Å². The number of nitrogens with zero attached hydrogens (tertiary/aromatic N) is 1. The first-order valence-electron chi connectivity index (χ1n) is 8.94. The van der Waals surface area contributed by atoms with Gasteiger partial charge in [0.25, 0.3) is 0 Å². The van der Waals surface area contributed by atoms with Crippen LogP contribution in [0.25, 0.3) is 0 Å². The number of fused-ring (bicyclic) bond motifs is 1. The van der Waals surface area contributed by atoms with E-state index in [0.29, 0.717) is 0 Å². The molecule has 1 N–H and O–H groups in total. The van der Waals surface area contributed by atoms with Crippen LogP contribution in [0, 0.1) is 11.3 Å². The van der Waals surface area contributed by atoms with Crippen LogP contribution in [0.2, 0.25) is 0 Å². The van der Waals surface area contributed by atoms with Crippen molar-refractivity contribution in [1.29, 1.82) is 0 Å². The highest BCUT2D eigenvalue weighted by molar-refractivity contribution is 6.05. The lowest BCUT2D eigenvalue weighted by molar-refractivity contribution is -0.274. The Hall–Kier alpha value is -2.45. The Morgan fingerprint density at radius 3 is 2.36 bits per heavy atom. The highest BCUT2D eigenvalue weighted by Crippen LogP contribution is 2.51. The average molecular weight is 401 g/mol. The summed E-state index contributed by atoms with van der Waals surface area (Å²) in [7, 11) is 0. The number of halogens is 3. The molecule has 1 unspecified atom stereocenters. The highest BCUT2D eigenvalue weighted by Gasteiger charge is 2.56. The number of hydrogen-bond donors (Lipinski definition) is 1. The number of carboxylic acid groups (broad SMARTS) is 1. The standard InChI is InChI=1S/C19H22F3NO5/c1-17(2,3)15-14(24)13-11(5-4-6-12(13)28-19(20,21)22)27-18(15)7-9-23(10-8-18)16(25)26/h4-6,15H,7-10H2,1-3H3,(H,25,26). The topological polar surface area (TPSA) is 76.1 Å². The molecule has 2 aliphatic rings. The van der Waals surface area contributed by atoms with E-state index in [0.717, 1.165) is 6.07 Å². The van der Waals surface area contributed by atoms with E-state index in [1.807, 2.05) is 20.8 Å². The van der Waals surface area contributed by atoms with Crippen LogP contribution in [0.15, 0.2) is 18.2 Å². The summed E-state index contributed by atoms with van der Waals surface area (Å²) in [6.45, 7) is 5.83. The molecule has 1 saturated heterocycles. The number of piperidine rings is 1. The summed E-state index contributed by atoms with van der Waals surface area (Å²) < 4.78 is 48.6. The Morgan fingerprint density at radius 1 is 1.25 bits per heavy atom. The second-order valence-electron chi connectivity index (χ2n) is 8.28. The number of amides is 1. The normalized spacial score (nSPS) is 21.9. The summed E-state index contributed by atoms with van der Waals surface area (Å²) >= 11 is 0. The summed E-state index contributed by atoms with van der Waals surface area (Å²) in [6, 6.07) is 3.88. The fraction of sp³-hybridized carbons (Fsp3) is 0.579. The van der Waals surface area contributed by atoms with Gasteiger partial charge in [-0.1, -0.05) is 26.8 Å². The molecule has 1 fully saturated rings. The van der Waals surface area contributed by atoms with Crippen molar-refractivity contribution in [2.24, 2.45) is 11.3 Å². The van der Waals surface area contributed by atoms with Gasteiger partial charge in [0.05, 0.1) is 5.92 Å². The molecule has 1 atom stereocenters. The molecule has 0 aliphatic carbocycles. The summed E-state index contributed by atoms with van der Waals surface area (Å²) in [5.74, 6) is -1.77. The molecule has 3 rings (SSSR count). The highest BCUT2D eigenvalue weighted by atomic mass is 19.4. The van der Waals surface area contributed by atoms with Crippen molar-refractivity contribution in [2.45, 2.75) is 45.6 Å². The summed E-state index contributed by atoms with van der Waals surface area (Å²) in [6.07, 6.45) is -5.44. The maximum atomic E-state index is 13.4. The molecule has 0 saturated carbocycles. The summed E-state index contributed by atoms with van der Waals surface area (Å²) in [4.78, 5) is 25.9. The maximum Gasteiger partial charge on any atom is 0.573 e. The van der Waals surface area contributed by atoms with Gasteiger partial charge in [0.2, 0.25) is 0 Å². The van der Waals surface area contributed by atoms with Crippen LogP contribution in [0.4, 0.5) is 18.0 Å². The Bertz CT molecular complexity index is 792. The predicted molar refractivity (Wildman–Crippen MR) is 92.6 cm³/mol. The minimum Gasteiger partial charge on any atom is -0.485 e. The van der Waals surface area contributed by atoms with Crippen LogP contribution in [0.3, 0.4) is 0 Å². The maximum absolute atomic E-state index is 13.4. The third-order valence-electron chi connectivity index (χ3n) is 5.31. The molecule has 9 heteroatoms. The van der Waals surface area contributed by atoms with E-state index in [1.165, 1.54) is 17.0 Å². The zero-order chi connectivity index (χ0) is 20.9. The number of ketones is 1. The van der Waals surface area contributed by atoms with Crippen molar-refractivity contribution in [2.75, 3.05) is 13.1 Å². The van der Waals surface area contributed by atoms with E-state index in [2.05, 4.69) is 4.74 Å². The fourth-order valence-corrected chi connectivity index (χ4v) is 4.36. The van der Waals surface area contributed by atoms with Crippen molar-refractivity contribution in [3.05, 3.63) is 23.8 Å². The molecular weight excluding hydrogens is 379 g/mol. The monoisotopic (exact) mass is 401 g/mol. The molecule has 1 aromatic rings. The van der Waals surface area contributed by atoms with E-state index in [-0.39, 0.29) is 37.2 Å². The van der Waals surface area contributed by atoms with E-state index in [4.69, 9.17) is 4.74 Å². The molecule has 154 valence electrons. The molecule has 1 amide bonds. The number of likely N-dealkylation sites (tertiary alicyclic amines) is 1. The Morgan fingerprint density at radius 2 is 1.86 bits per heavy atom. The van der Waals surface area contributed by atoms with Crippen LogP contribution in [0.5, 0.6) is 11.5 Å². The summed E-state index contributed by atoms with van der Waals surface area (Å²) in [5.41, 5.74) is -1.82. The molecule has 2 heterocycles. The van der Waals surface area contributed by atoms with E-state index in [1.54, 1.807) is 0 Å². The van der Waals surface area contributed by atoms with E-state index in [9.17, 15) is 27.9 Å². The Labute approximate surface area is 160 Å². The van der Waals surface area contributed by atoms with Crippen molar-refractivity contribution in [1.82, 2.24) is 4.90 Å². The Balaban J connectivity index is 2.06. The molecule has 0 radical (unpaired) electrons. The predicted octanol–water partition coefficient (Wildman–Crippen LogP) is 4.34. The van der Waals surface area contributed by atoms with Gasteiger partial charge in [0.1, 0.15) is 22.7 Å². The number of carbonyl (C=O) groups is 2. The second kappa shape index (κ2) is 6.56. The third kappa shape index (κ3) is 3.62. The van der Waals surface area contributed by atoms with Gasteiger partial charge in [0, 0.05) is 25.9 Å². The zero-order valence-electron chi connectivity index (χ0n) is 15.8. The first-order valence-corrected chi connectivity index (χ1v) is 8.94. The smallest absolute Gasteiger partial charge is 0.485 e. The van der Waals surface area contributed by atoms with Crippen molar-refractivity contribution < 1.29 is 37.3 Å². The average Bonchev–Trinajstić information content (AvgIpc) is 2.52. The van der Waals surface area contributed by atoms with Gasteiger partial charge in [-0.2, -0.15) is 0 Å². The quantitative estimate of drug-likeness (QED) is 0.758. The molecule has 2 aliphatic heterocycles. The van der Waals surface area contributed by atoms with Crippen LogP contribution in [-0.4, -0.2) is 46.9 Å². The number of hydrogen-bond acceptors (Lipinski definition) is 4. The molecular formula is C19H22F3NO5. The van der Waals surface area contributed by atoms with Gasteiger partial charge in [-0.3, -0.25) is 4.79 Å². The Kier molecular flexibility index (Phi) is 4.75. The van der Waals surface area contributed by atoms with E-state index < -0.39 is 40.9 Å². The van der Waals surface area contributed by atoms with Gasteiger partial charge in [0.15, 0.2) is 5.78 Å². The molecule has 6 nitrogen and oxygen atoms in total. The van der Waals surface area contributed by atoms with Crippen molar-refractivity contribution in [3.8, 4) is 11.5 Å². The lowest BCUT2D eigenvalue weighted by Gasteiger charge is -2.52. The number of benzene rings is 1. The number of Topliss-reactive ketones (excluding diaryl/α,β-unsaturated/α-hetero) is 1. The zero-order valence-corrected chi connectivity index (χ0v) is 15.8. The molecule has 28 heavy (non-hydrogen) atoms. The van der Waals surface area contributed by atoms with Gasteiger partial charge < -0.3 is 19.5 Å². The number of ether oxygens (including phenoxy) is 2. The largest absolute Gasteiger partial charge is 0.573 e. The third-order valence-corrected chi connectivity index (χ3v) is 5.31. The second-order valence-corrected chi connectivity index (χ2v) is 8.28. The summed E-state index contributed by atoms with van der Waals surface area (Å²) in [5, 5.41) is 9.20. The van der Waals surface area contributed by atoms with Crippen LogP contribution < -0.4 is 9.47 Å². The van der Waals surface area contributed by atoms with E-state index >= 15 is 0 Å². The van der Waals surface area contributed by atoms with Gasteiger partial charge in [-0.05, 0) is 17.5 Å². The van der Waals surface area contributed by atoms with Crippen molar-refractivity contribution >= 4 is 11.9 Å². The van der Waals surface area contributed by atoms with Crippen LogP contribution in [0.1, 0.15) is 44.0 Å². The first kappa shape index (κ1) is 20.3. The van der Waals surface area contributed by atoms with Gasteiger partial charge in [-0.25, -0.2) is 4.79 Å². The minimum absolute atomic E-state index is 0.0380. The SMILES string of the molecule is CC(C)(C)C1C(=O)c2c(OC(F)(F)F)cccc2OC12CCN(C(=O)O)CC2. The minimum atomic E-state index is -4.94. The molecule has 0 aromatic heterocycles. The molecule has 1 aromatic carbocycles. The number of rotatable bonds is 1. The van der Waals surface area contributed by atoms with Gasteiger partial charge >= 0.3 is 12.5 Å². The molecule has 0 bridgehead atoms. The molecule has 1 spiro atoms. The fourth-order valence-electron chi connectivity index (χ4n) is 4.36.